The van der Waals surface area contributed by atoms with Gasteiger partial charge >= 0.3 is 5.97 Å². The summed E-state index contributed by atoms with van der Waals surface area (Å²) < 4.78 is 16.0. The van der Waals surface area contributed by atoms with Crippen molar-refractivity contribution in [3.05, 3.63) is 35.0 Å². The van der Waals surface area contributed by atoms with Crippen LogP contribution in [0, 0.1) is 12.3 Å². The van der Waals surface area contributed by atoms with Crippen LogP contribution in [0.3, 0.4) is 0 Å². The van der Waals surface area contributed by atoms with Crippen LogP contribution in [0.25, 0.3) is 0 Å². The number of benzene rings is 1. The van der Waals surface area contributed by atoms with E-state index in [-0.39, 0.29) is 13.2 Å². The first kappa shape index (κ1) is 18.6. The van der Waals surface area contributed by atoms with Crippen molar-refractivity contribution in [1.29, 1.82) is 0 Å². The van der Waals surface area contributed by atoms with Gasteiger partial charge in [0.1, 0.15) is 6.61 Å². The average molecular weight is 360 g/mol. The molecular weight excluding hydrogens is 340 g/mol. The molecule has 2 rings (SSSR count). The second-order valence-electron chi connectivity index (χ2n) is 5.19. The molecule has 0 aliphatic carbocycles. The van der Waals surface area contributed by atoms with Gasteiger partial charge in [0, 0.05) is 5.70 Å². The molecule has 0 fully saturated rings. The number of terminal acetylenes is 1. The van der Waals surface area contributed by atoms with Gasteiger partial charge in [0.05, 0.1) is 25.3 Å². The summed E-state index contributed by atoms with van der Waals surface area (Å²) in [5.41, 5.74) is 1.91. The average Bonchev–Trinajstić information content (AvgIpc) is 2.59. The van der Waals surface area contributed by atoms with Crippen LogP contribution in [0.5, 0.6) is 11.5 Å². The number of carbonyl (C=O) groups excluding carboxylic acids is 1. The molecule has 6 nitrogen and oxygen atoms in total. The second kappa shape index (κ2) is 8.40. The van der Waals surface area contributed by atoms with Crippen molar-refractivity contribution < 1.29 is 19.0 Å². The third-order valence-electron chi connectivity index (χ3n) is 3.60. The van der Waals surface area contributed by atoms with Gasteiger partial charge in [0.2, 0.25) is 0 Å². The highest BCUT2D eigenvalue weighted by Gasteiger charge is 2.31. The molecule has 0 radical (unpaired) electrons. The molecule has 1 aromatic rings. The van der Waals surface area contributed by atoms with Gasteiger partial charge in [-0.2, -0.15) is 0 Å². The number of rotatable bonds is 6. The number of nitrogens with one attached hydrogen (secondary N) is 2. The van der Waals surface area contributed by atoms with E-state index in [1.54, 1.807) is 26.0 Å². The monoisotopic (exact) mass is 360 g/mol. The highest BCUT2D eigenvalue weighted by atomic mass is 32.1. The summed E-state index contributed by atoms with van der Waals surface area (Å²) in [7, 11) is 1.54. The predicted octanol–water partition coefficient (Wildman–Crippen LogP) is 2.06. The number of thiocarbonyl (C=S) groups is 1. The Hall–Kier alpha value is -2.72. The lowest BCUT2D eigenvalue weighted by molar-refractivity contribution is -0.139. The molecule has 0 saturated heterocycles. The lowest BCUT2D eigenvalue weighted by Gasteiger charge is -2.30. The van der Waals surface area contributed by atoms with Gasteiger partial charge < -0.3 is 24.8 Å². The molecule has 1 aliphatic rings. The Morgan fingerprint density at radius 3 is 2.80 bits per heavy atom. The summed E-state index contributed by atoms with van der Waals surface area (Å²) in [5, 5.41) is 6.49. The third-order valence-corrected chi connectivity index (χ3v) is 3.82. The molecule has 0 spiro atoms. The quantitative estimate of drug-likeness (QED) is 0.457. The summed E-state index contributed by atoms with van der Waals surface area (Å²) in [5.74, 6) is 3.05. The number of carbonyl (C=O) groups is 1. The molecule has 1 heterocycles. The minimum atomic E-state index is -0.455. The van der Waals surface area contributed by atoms with E-state index in [4.69, 9.17) is 32.9 Å². The van der Waals surface area contributed by atoms with Crippen LogP contribution in [-0.2, 0) is 9.53 Å². The van der Waals surface area contributed by atoms with Crippen LogP contribution < -0.4 is 20.1 Å². The molecule has 0 bridgehead atoms. The van der Waals surface area contributed by atoms with Gasteiger partial charge in [-0.15, -0.1) is 6.42 Å². The summed E-state index contributed by atoms with van der Waals surface area (Å²) in [4.78, 5) is 12.4. The van der Waals surface area contributed by atoms with Crippen molar-refractivity contribution >= 4 is 23.3 Å². The Kier molecular flexibility index (Phi) is 6.25. The summed E-state index contributed by atoms with van der Waals surface area (Å²) in [6, 6.07) is 4.90. The smallest absolute Gasteiger partial charge is 0.338 e. The highest BCUT2D eigenvalue weighted by molar-refractivity contribution is 7.80. The number of ether oxygens (including phenoxy) is 3. The Bertz CT molecular complexity index is 752. The van der Waals surface area contributed by atoms with Crippen LogP contribution in [0.4, 0.5) is 0 Å². The predicted molar refractivity (Wildman–Crippen MR) is 98.3 cm³/mol. The highest BCUT2D eigenvalue weighted by Crippen LogP contribution is 2.34. The molecule has 1 aromatic carbocycles. The summed E-state index contributed by atoms with van der Waals surface area (Å²) in [6.45, 7) is 3.97. The van der Waals surface area contributed by atoms with Gasteiger partial charge in [-0.05, 0) is 43.8 Å². The molecule has 1 atom stereocenters. The SMILES string of the molecule is C#CCOc1ccc(C2NC(=S)NC(C)=C2C(=O)OCC)cc1OC. The number of allylic oxidation sites excluding steroid dienone is 1. The first-order valence-corrected chi connectivity index (χ1v) is 8.12. The maximum atomic E-state index is 12.4. The van der Waals surface area contributed by atoms with Crippen molar-refractivity contribution in [2.45, 2.75) is 19.9 Å². The van der Waals surface area contributed by atoms with E-state index < -0.39 is 12.0 Å². The maximum absolute atomic E-state index is 12.4. The first-order valence-electron chi connectivity index (χ1n) is 7.71. The molecule has 1 unspecified atom stereocenters. The third kappa shape index (κ3) is 4.22. The van der Waals surface area contributed by atoms with Crippen molar-refractivity contribution in [2.24, 2.45) is 0 Å². The molecular formula is C18H20N2O4S. The summed E-state index contributed by atoms with van der Waals surface area (Å²) in [6.07, 6.45) is 5.22. The Morgan fingerprint density at radius 1 is 1.40 bits per heavy atom. The number of hydrogen-bond acceptors (Lipinski definition) is 5. The van der Waals surface area contributed by atoms with Gasteiger partial charge in [-0.1, -0.05) is 12.0 Å². The van der Waals surface area contributed by atoms with Crippen molar-refractivity contribution in [3.63, 3.8) is 0 Å². The number of methoxy groups -OCH3 is 1. The topological polar surface area (TPSA) is 68.8 Å². The van der Waals surface area contributed by atoms with E-state index in [1.807, 2.05) is 6.07 Å². The molecule has 2 N–H and O–H groups in total. The minimum Gasteiger partial charge on any atom is -0.493 e. The van der Waals surface area contributed by atoms with Crippen LogP contribution >= 0.6 is 12.2 Å². The van der Waals surface area contributed by atoms with Gasteiger partial charge in [-0.3, -0.25) is 0 Å². The summed E-state index contributed by atoms with van der Waals surface area (Å²) >= 11 is 5.22. The molecule has 132 valence electrons. The number of esters is 1. The Labute approximate surface area is 152 Å². The molecule has 1 aliphatic heterocycles. The van der Waals surface area contributed by atoms with E-state index in [0.29, 0.717) is 27.9 Å². The molecule has 0 amide bonds. The fraction of sp³-hybridized carbons (Fsp3) is 0.333. The zero-order valence-electron chi connectivity index (χ0n) is 14.3. The molecule has 0 aromatic heterocycles. The van der Waals surface area contributed by atoms with E-state index in [2.05, 4.69) is 16.6 Å². The molecule has 7 heteroatoms. The van der Waals surface area contributed by atoms with Crippen LogP contribution in [0.15, 0.2) is 29.5 Å². The lowest BCUT2D eigenvalue weighted by Crippen LogP contribution is -2.45. The van der Waals surface area contributed by atoms with Gasteiger partial charge in [0.25, 0.3) is 0 Å². The van der Waals surface area contributed by atoms with Crippen LogP contribution in [-0.4, -0.2) is 31.4 Å². The zero-order valence-corrected chi connectivity index (χ0v) is 15.2. The Morgan fingerprint density at radius 2 is 2.16 bits per heavy atom. The number of hydrogen-bond donors (Lipinski definition) is 2. The fourth-order valence-corrected chi connectivity index (χ4v) is 2.80. The van der Waals surface area contributed by atoms with Crippen LogP contribution in [0.1, 0.15) is 25.5 Å². The van der Waals surface area contributed by atoms with Crippen LogP contribution in [0.2, 0.25) is 0 Å². The second-order valence-corrected chi connectivity index (χ2v) is 5.60. The molecule has 25 heavy (non-hydrogen) atoms. The lowest BCUT2D eigenvalue weighted by atomic mass is 9.95. The van der Waals surface area contributed by atoms with Gasteiger partial charge in [0.15, 0.2) is 16.6 Å². The van der Waals surface area contributed by atoms with E-state index >= 15 is 0 Å². The fourth-order valence-electron chi connectivity index (χ4n) is 2.53. The first-order chi connectivity index (χ1) is 12.0. The van der Waals surface area contributed by atoms with E-state index in [0.717, 1.165) is 5.56 Å². The van der Waals surface area contributed by atoms with E-state index in [9.17, 15) is 4.79 Å². The maximum Gasteiger partial charge on any atom is 0.338 e. The standard InChI is InChI=1S/C18H20N2O4S/c1-5-9-24-13-8-7-12(10-14(13)22-4)16-15(17(21)23-6-2)11(3)19-18(25)20-16/h1,7-8,10,16H,6,9H2,2-4H3,(H2,19,20,25). The van der Waals surface area contributed by atoms with Crippen molar-refractivity contribution in [2.75, 3.05) is 20.3 Å². The largest absolute Gasteiger partial charge is 0.493 e. The van der Waals surface area contributed by atoms with E-state index in [1.165, 1.54) is 7.11 Å². The van der Waals surface area contributed by atoms with Gasteiger partial charge in [-0.25, -0.2) is 4.79 Å². The minimum absolute atomic E-state index is 0.137. The normalized spacial score (nSPS) is 16.4. The van der Waals surface area contributed by atoms with Crippen molar-refractivity contribution in [1.82, 2.24) is 10.6 Å². The van der Waals surface area contributed by atoms with Crippen molar-refractivity contribution in [3.8, 4) is 23.8 Å². The zero-order chi connectivity index (χ0) is 18.4. The Balaban J connectivity index is 2.43. The molecule has 0 saturated carbocycles.